The third kappa shape index (κ3) is 1.98. The number of thiophene rings is 1. The van der Waals surface area contributed by atoms with Crippen molar-refractivity contribution in [2.24, 2.45) is 5.41 Å². The molecule has 0 bridgehead atoms. The van der Waals surface area contributed by atoms with Gasteiger partial charge in [-0.25, -0.2) is 0 Å². The van der Waals surface area contributed by atoms with Crippen molar-refractivity contribution in [2.45, 2.75) is 26.2 Å². The van der Waals surface area contributed by atoms with Gasteiger partial charge in [0.1, 0.15) is 0 Å². The number of carbonyl (C=O) groups is 1. The zero-order valence-corrected chi connectivity index (χ0v) is 9.19. The van der Waals surface area contributed by atoms with Gasteiger partial charge in [-0.2, -0.15) is 0 Å². The van der Waals surface area contributed by atoms with E-state index in [9.17, 15) is 4.79 Å². The molecule has 14 heavy (non-hydrogen) atoms. The number of carbonyl (C=O) groups excluding carboxylic acids is 1. The van der Waals surface area contributed by atoms with Crippen molar-refractivity contribution in [3.05, 3.63) is 22.4 Å². The Morgan fingerprint density at radius 3 is 2.93 bits per heavy atom. The maximum Gasteiger partial charge on any atom is 0.261 e. The topological polar surface area (TPSA) is 29.1 Å². The first-order valence-electron chi connectivity index (χ1n) is 5.01. The van der Waals surface area contributed by atoms with Gasteiger partial charge in [-0.05, 0) is 29.7 Å². The Bertz CT molecular complexity index is 314. The summed E-state index contributed by atoms with van der Waals surface area (Å²) in [5.41, 5.74) is 0.368. The second kappa shape index (κ2) is 3.73. The summed E-state index contributed by atoms with van der Waals surface area (Å²) >= 11 is 1.50. The van der Waals surface area contributed by atoms with Gasteiger partial charge < -0.3 is 5.32 Å². The highest BCUT2D eigenvalue weighted by molar-refractivity contribution is 7.12. The maximum absolute atomic E-state index is 11.6. The average molecular weight is 209 g/mol. The van der Waals surface area contributed by atoms with E-state index >= 15 is 0 Å². The number of hydrogen-bond acceptors (Lipinski definition) is 2. The molecule has 0 aromatic carbocycles. The minimum atomic E-state index is 0.0770. The second-order valence-corrected chi connectivity index (χ2v) is 5.27. The summed E-state index contributed by atoms with van der Waals surface area (Å²) in [7, 11) is 0. The van der Waals surface area contributed by atoms with Crippen LogP contribution in [0.2, 0.25) is 0 Å². The largest absolute Gasteiger partial charge is 0.351 e. The molecule has 1 aromatic heterocycles. The first-order chi connectivity index (χ1) is 6.70. The summed E-state index contributed by atoms with van der Waals surface area (Å²) in [6, 6.07) is 3.77. The van der Waals surface area contributed by atoms with Gasteiger partial charge in [0.25, 0.3) is 5.91 Å². The molecule has 2 nitrogen and oxygen atoms in total. The third-order valence-electron chi connectivity index (χ3n) is 2.98. The molecule has 0 unspecified atom stereocenters. The number of amides is 1. The van der Waals surface area contributed by atoms with Crippen LogP contribution in [0.15, 0.2) is 17.5 Å². The smallest absolute Gasteiger partial charge is 0.261 e. The number of nitrogens with one attached hydrogen (secondary N) is 1. The van der Waals surface area contributed by atoms with Gasteiger partial charge in [0, 0.05) is 6.54 Å². The molecule has 0 spiro atoms. The second-order valence-electron chi connectivity index (χ2n) is 4.32. The molecule has 1 aromatic rings. The predicted octanol–water partition coefficient (Wildman–Crippen LogP) is 2.67. The van der Waals surface area contributed by atoms with Gasteiger partial charge in [0.15, 0.2) is 0 Å². The molecule has 0 atom stereocenters. The molecule has 0 aliphatic heterocycles. The van der Waals surface area contributed by atoms with E-state index in [1.807, 2.05) is 17.5 Å². The molecule has 1 heterocycles. The summed E-state index contributed by atoms with van der Waals surface area (Å²) < 4.78 is 0. The molecule has 0 saturated heterocycles. The predicted molar refractivity (Wildman–Crippen MR) is 58.6 cm³/mol. The van der Waals surface area contributed by atoms with Gasteiger partial charge in [-0.15, -0.1) is 11.3 Å². The van der Waals surface area contributed by atoms with Crippen LogP contribution in [0, 0.1) is 5.41 Å². The molecule has 2 rings (SSSR count). The Hall–Kier alpha value is -0.830. The molecule has 1 fully saturated rings. The standard InChI is InChI=1S/C11H15NOS/c1-11(5-3-6-11)8-12-10(13)9-4-2-7-14-9/h2,4,7H,3,5-6,8H2,1H3,(H,12,13). The highest BCUT2D eigenvalue weighted by Gasteiger charge is 2.31. The van der Waals surface area contributed by atoms with E-state index in [0.717, 1.165) is 11.4 Å². The lowest BCUT2D eigenvalue weighted by atomic mass is 9.70. The average Bonchev–Trinajstić information content (AvgIpc) is 2.63. The SMILES string of the molecule is CC1(CNC(=O)c2cccs2)CCC1. The van der Waals surface area contributed by atoms with Crippen LogP contribution in [0.4, 0.5) is 0 Å². The van der Waals surface area contributed by atoms with E-state index in [1.165, 1.54) is 30.6 Å². The van der Waals surface area contributed by atoms with Crippen molar-refractivity contribution in [3.63, 3.8) is 0 Å². The van der Waals surface area contributed by atoms with Crippen LogP contribution in [-0.2, 0) is 0 Å². The zero-order valence-electron chi connectivity index (χ0n) is 8.38. The van der Waals surface area contributed by atoms with Crippen LogP contribution in [0.3, 0.4) is 0 Å². The third-order valence-corrected chi connectivity index (χ3v) is 3.85. The molecule has 76 valence electrons. The van der Waals surface area contributed by atoms with E-state index in [-0.39, 0.29) is 5.91 Å². The Labute approximate surface area is 88.3 Å². The van der Waals surface area contributed by atoms with E-state index in [1.54, 1.807) is 0 Å². The molecule has 1 amide bonds. The van der Waals surface area contributed by atoms with Crippen molar-refractivity contribution >= 4 is 17.2 Å². The van der Waals surface area contributed by atoms with Gasteiger partial charge >= 0.3 is 0 Å². The van der Waals surface area contributed by atoms with E-state index < -0.39 is 0 Å². The lowest BCUT2D eigenvalue weighted by molar-refractivity contribution is 0.0895. The van der Waals surface area contributed by atoms with Crippen LogP contribution in [0.1, 0.15) is 35.9 Å². The Morgan fingerprint density at radius 1 is 1.64 bits per heavy atom. The van der Waals surface area contributed by atoms with Crippen LogP contribution < -0.4 is 5.32 Å². The Balaban J connectivity index is 1.84. The molecule has 1 aliphatic carbocycles. The fourth-order valence-corrected chi connectivity index (χ4v) is 2.39. The molecule has 0 radical (unpaired) electrons. The maximum atomic E-state index is 11.6. The first-order valence-corrected chi connectivity index (χ1v) is 5.89. The van der Waals surface area contributed by atoms with Crippen molar-refractivity contribution in [3.8, 4) is 0 Å². The van der Waals surface area contributed by atoms with E-state index in [4.69, 9.17) is 0 Å². The van der Waals surface area contributed by atoms with Gasteiger partial charge in [0.05, 0.1) is 4.88 Å². The molecule has 1 aliphatic rings. The number of rotatable bonds is 3. The molecular formula is C11H15NOS. The van der Waals surface area contributed by atoms with Crippen LogP contribution in [0.5, 0.6) is 0 Å². The fraction of sp³-hybridized carbons (Fsp3) is 0.545. The lowest BCUT2D eigenvalue weighted by Gasteiger charge is -2.38. The quantitative estimate of drug-likeness (QED) is 0.814. The lowest BCUT2D eigenvalue weighted by Crippen LogP contribution is -2.39. The summed E-state index contributed by atoms with van der Waals surface area (Å²) in [6.45, 7) is 3.06. The molecule has 3 heteroatoms. The normalized spacial score (nSPS) is 18.6. The molecule has 1 saturated carbocycles. The number of hydrogen-bond donors (Lipinski definition) is 1. The monoisotopic (exact) mass is 209 g/mol. The molecular weight excluding hydrogens is 194 g/mol. The van der Waals surface area contributed by atoms with Crippen molar-refractivity contribution < 1.29 is 4.79 Å². The van der Waals surface area contributed by atoms with E-state index in [0.29, 0.717) is 5.41 Å². The van der Waals surface area contributed by atoms with Gasteiger partial charge in [-0.1, -0.05) is 19.4 Å². The van der Waals surface area contributed by atoms with Crippen molar-refractivity contribution in [2.75, 3.05) is 6.54 Å². The summed E-state index contributed by atoms with van der Waals surface area (Å²) in [5.74, 6) is 0.0770. The highest BCUT2D eigenvalue weighted by Crippen LogP contribution is 2.39. The summed E-state index contributed by atoms with van der Waals surface area (Å²) in [5, 5.41) is 4.93. The Kier molecular flexibility index (Phi) is 2.59. The van der Waals surface area contributed by atoms with Crippen LogP contribution in [-0.4, -0.2) is 12.5 Å². The van der Waals surface area contributed by atoms with Gasteiger partial charge in [0.2, 0.25) is 0 Å². The van der Waals surface area contributed by atoms with Gasteiger partial charge in [-0.3, -0.25) is 4.79 Å². The zero-order chi connectivity index (χ0) is 10.0. The van der Waals surface area contributed by atoms with Crippen molar-refractivity contribution in [1.82, 2.24) is 5.32 Å². The first kappa shape index (κ1) is 9.71. The Morgan fingerprint density at radius 2 is 2.43 bits per heavy atom. The van der Waals surface area contributed by atoms with Crippen molar-refractivity contribution in [1.29, 1.82) is 0 Å². The minimum Gasteiger partial charge on any atom is -0.351 e. The summed E-state index contributed by atoms with van der Waals surface area (Å²) in [4.78, 5) is 12.4. The molecule has 1 N–H and O–H groups in total. The van der Waals surface area contributed by atoms with Crippen LogP contribution >= 0.6 is 11.3 Å². The van der Waals surface area contributed by atoms with E-state index in [2.05, 4.69) is 12.2 Å². The highest BCUT2D eigenvalue weighted by atomic mass is 32.1. The minimum absolute atomic E-state index is 0.0770. The summed E-state index contributed by atoms with van der Waals surface area (Å²) in [6.07, 6.45) is 3.81. The van der Waals surface area contributed by atoms with Crippen LogP contribution in [0.25, 0.3) is 0 Å². The fourth-order valence-electron chi connectivity index (χ4n) is 1.75.